The van der Waals surface area contributed by atoms with E-state index in [1.165, 1.54) is 13.2 Å². The molecule has 3 aromatic carbocycles. The molecular weight excluding hydrogens is 466 g/mol. The second-order valence-corrected chi connectivity index (χ2v) is 7.88. The van der Waals surface area contributed by atoms with Crippen molar-refractivity contribution in [2.24, 2.45) is 0 Å². The van der Waals surface area contributed by atoms with E-state index in [-0.39, 0.29) is 23.9 Å². The molecule has 0 bridgehead atoms. The lowest BCUT2D eigenvalue weighted by Crippen LogP contribution is -2.20. The number of aromatic amines is 1. The van der Waals surface area contributed by atoms with Gasteiger partial charge in [0.15, 0.2) is 18.1 Å². The summed E-state index contributed by atoms with van der Waals surface area (Å²) in [5.41, 5.74) is 2.27. The van der Waals surface area contributed by atoms with Gasteiger partial charge < -0.3 is 19.8 Å². The summed E-state index contributed by atoms with van der Waals surface area (Å²) in [5.74, 6) is -0.0951. The number of benzene rings is 3. The van der Waals surface area contributed by atoms with Crippen LogP contribution in [0.3, 0.4) is 0 Å². The lowest BCUT2D eigenvalue weighted by molar-refractivity contribution is -0.118. The number of allylic oxidation sites excluding steroid dienone is 1. The number of hydrogen-bond donors (Lipinski definition) is 2. The van der Waals surface area contributed by atoms with Gasteiger partial charge in [-0.2, -0.15) is 5.26 Å². The number of ketones is 1. The number of rotatable bonds is 8. The number of halogens is 1. The molecule has 1 amide bonds. The third kappa shape index (κ3) is 5.35. The molecule has 0 aliphatic carbocycles. The minimum absolute atomic E-state index is 0.0235. The summed E-state index contributed by atoms with van der Waals surface area (Å²) in [6.45, 7) is -0.265. The van der Waals surface area contributed by atoms with E-state index in [0.29, 0.717) is 33.3 Å². The third-order valence-electron chi connectivity index (χ3n) is 5.20. The van der Waals surface area contributed by atoms with Crippen LogP contribution in [0.1, 0.15) is 15.9 Å². The largest absolute Gasteiger partial charge is 0.493 e. The Labute approximate surface area is 206 Å². The minimum Gasteiger partial charge on any atom is -0.493 e. The Bertz CT molecular complexity index is 1480. The molecule has 174 valence electrons. The van der Waals surface area contributed by atoms with E-state index >= 15 is 0 Å². The third-order valence-corrected chi connectivity index (χ3v) is 5.53. The molecule has 0 aliphatic heterocycles. The summed E-state index contributed by atoms with van der Waals surface area (Å²) in [5, 5.41) is 13.5. The summed E-state index contributed by atoms with van der Waals surface area (Å²) in [6, 6.07) is 21.2. The number of carbonyl (C=O) groups is 2. The summed E-state index contributed by atoms with van der Waals surface area (Å²) in [4.78, 5) is 28.3. The number of ether oxygens (including phenoxy) is 2. The van der Waals surface area contributed by atoms with Gasteiger partial charge in [0.1, 0.15) is 11.6 Å². The van der Waals surface area contributed by atoms with Crippen LogP contribution < -0.4 is 14.8 Å². The zero-order valence-electron chi connectivity index (χ0n) is 18.7. The summed E-state index contributed by atoms with van der Waals surface area (Å²) in [6.07, 6.45) is 3.09. The smallest absolute Gasteiger partial charge is 0.262 e. The number of hydrogen-bond acceptors (Lipinski definition) is 5. The van der Waals surface area contributed by atoms with Crippen LogP contribution in [0, 0.1) is 11.3 Å². The first kappa shape index (κ1) is 23.6. The summed E-state index contributed by atoms with van der Waals surface area (Å²) < 4.78 is 11.0. The van der Waals surface area contributed by atoms with Crippen molar-refractivity contribution in [3.8, 4) is 17.6 Å². The maximum atomic E-state index is 13.0. The highest BCUT2D eigenvalue weighted by atomic mass is 35.5. The van der Waals surface area contributed by atoms with Gasteiger partial charge in [0, 0.05) is 22.7 Å². The van der Waals surface area contributed by atoms with Crippen LogP contribution in [0.2, 0.25) is 5.02 Å². The number of Topliss-reactive ketones (excluding diaryl/α,β-unsaturated/α-hetero) is 1. The number of carbonyl (C=O) groups excluding carboxylic acids is 2. The molecule has 35 heavy (non-hydrogen) atoms. The van der Waals surface area contributed by atoms with Crippen molar-refractivity contribution in [2.75, 3.05) is 19.0 Å². The van der Waals surface area contributed by atoms with Gasteiger partial charge >= 0.3 is 0 Å². The normalized spacial score (nSPS) is 11.1. The molecular formula is C27H20ClN3O4. The van der Waals surface area contributed by atoms with Crippen LogP contribution in [-0.4, -0.2) is 30.4 Å². The Morgan fingerprint density at radius 1 is 1.09 bits per heavy atom. The van der Waals surface area contributed by atoms with E-state index in [0.717, 1.165) is 10.9 Å². The van der Waals surface area contributed by atoms with Crippen molar-refractivity contribution in [3.05, 3.63) is 94.6 Å². The number of amides is 1. The SMILES string of the molecule is COc1cc(/C=C(\C#N)C(=O)c2c[nH]c3ccccc23)ccc1OCC(=O)Nc1ccccc1Cl. The van der Waals surface area contributed by atoms with Crippen LogP contribution >= 0.6 is 11.6 Å². The highest BCUT2D eigenvalue weighted by Crippen LogP contribution is 2.30. The van der Waals surface area contributed by atoms with E-state index < -0.39 is 0 Å². The standard InChI is InChI=1S/C27H20ClN3O4/c1-34-25-13-17(10-11-24(25)35-16-26(32)31-23-9-5-3-7-21(23)28)12-18(14-29)27(33)20-15-30-22-8-4-2-6-19(20)22/h2-13,15,30H,16H2,1H3,(H,31,32)/b18-12+. The fraction of sp³-hybridized carbons (Fsp3) is 0.0741. The zero-order chi connectivity index (χ0) is 24.8. The van der Waals surface area contributed by atoms with Crippen LogP contribution in [0.4, 0.5) is 5.69 Å². The number of anilines is 1. The van der Waals surface area contributed by atoms with E-state index in [1.807, 2.05) is 30.3 Å². The number of nitriles is 1. The quantitative estimate of drug-likeness (QED) is 0.191. The zero-order valence-corrected chi connectivity index (χ0v) is 19.4. The highest BCUT2D eigenvalue weighted by molar-refractivity contribution is 6.33. The first-order valence-electron chi connectivity index (χ1n) is 10.6. The lowest BCUT2D eigenvalue weighted by atomic mass is 10.0. The van der Waals surface area contributed by atoms with Crippen LogP contribution in [0.5, 0.6) is 11.5 Å². The maximum absolute atomic E-state index is 13.0. The molecule has 0 saturated heterocycles. The van der Waals surface area contributed by atoms with Crippen molar-refractivity contribution in [1.29, 1.82) is 5.26 Å². The molecule has 1 heterocycles. The Morgan fingerprint density at radius 3 is 2.63 bits per heavy atom. The molecule has 7 nitrogen and oxygen atoms in total. The monoisotopic (exact) mass is 485 g/mol. The predicted octanol–water partition coefficient (Wildman–Crippen LogP) is 5.64. The van der Waals surface area contributed by atoms with Crippen molar-refractivity contribution in [2.45, 2.75) is 0 Å². The average molecular weight is 486 g/mol. The van der Waals surface area contributed by atoms with Crippen LogP contribution in [0.25, 0.3) is 17.0 Å². The Morgan fingerprint density at radius 2 is 1.86 bits per heavy atom. The first-order valence-corrected chi connectivity index (χ1v) is 11.0. The summed E-state index contributed by atoms with van der Waals surface area (Å²) in [7, 11) is 1.46. The number of aromatic nitrogens is 1. The van der Waals surface area contributed by atoms with Gasteiger partial charge in [-0.3, -0.25) is 9.59 Å². The Hall–Kier alpha value is -4.54. The van der Waals surface area contributed by atoms with Gasteiger partial charge in [-0.25, -0.2) is 0 Å². The van der Waals surface area contributed by atoms with Crippen molar-refractivity contribution in [1.82, 2.24) is 4.98 Å². The van der Waals surface area contributed by atoms with Gasteiger partial charge in [0.2, 0.25) is 5.78 Å². The molecule has 0 radical (unpaired) electrons. The molecule has 0 spiro atoms. The van der Waals surface area contributed by atoms with Crippen LogP contribution in [-0.2, 0) is 4.79 Å². The second-order valence-electron chi connectivity index (χ2n) is 7.47. The topological polar surface area (TPSA) is 104 Å². The van der Waals surface area contributed by atoms with E-state index in [1.54, 1.807) is 48.7 Å². The maximum Gasteiger partial charge on any atom is 0.262 e. The van der Waals surface area contributed by atoms with Gasteiger partial charge in [-0.15, -0.1) is 0 Å². The fourth-order valence-electron chi connectivity index (χ4n) is 3.51. The van der Waals surface area contributed by atoms with Crippen molar-refractivity contribution >= 4 is 46.0 Å². The average Bonchev–Trinajstić information content (AvgIpc) is 3.31. The molecule has 0 unspecified atom stereocenters. The number of H-pyrrole nitrogens is 1. The van der Waals surface area contributed by atoms with E-state index in [9.17, 15) is 14.9 Å². The molecule has 8 heteroatoms. The number of nitrogens with zero attached hydrogens (tertiary/aromatic N) is 1. The van der Waals surface area contributed by atoms with Crippen LogP contribution in [0.15, 0.2) is 78.5 Å². The van der Waals surface area contributed by atoms with Crippen molar-refractivity contribution < 1.29 is 19.1 Å². The number of para-hydroxylation sites is 2. The molecule has 2 N–H and O–H groups in total. The minimum atomic E-state index is -0.389. The Kier molecular flexibility index (Phi) is 7.15. The second kappa shape index (κ2) is 10.6. The van der Waals surface area contributed by atoms with Gasteiger partial charge in [0.25, 0.3) is 5.91 Å². The number of methoxy groups -OCH3 is 1. The molecule has 0 aliphatic rings. The van der Waals surface area contributed by atoms with E-state index in [2.05, 4.69) is 10.3 Å². The van der Waals surface area contributed by atoms with E-state index in [4.69, 9.17) is 21.1 Å². The molecule has 0 fully saturated rings. The molecule has 1 aromatic heterocycles. The molecule has 0 saturated carbocycles. The Balaban J connectivity index is 1.50. The predicted molar refractivity (Wildman–Crippen MR) is 135 cm³/mol. The highest BCUT2D eigenvalue weighted by Gasteiger charge is 2.17. The lowest BCUT2D eigenvalue weighted by Gasteiger charge is -2.12. The molecule has 4 rings (SSSR count). The van der Waals surface area contributed by atoms with Gasteiger partial charge in [-0.1, -0.05) is 48.0 Å². The number of fused-ring (bicyclic) bond motifs is 1. The fourth-order valence-corrected chi connectivity index (χ4v) is 3.69. The molecule has 4 aromatic rings. The number of nitrogens with one attached hydrogen (secondary N) is 2. The molecule has 0 atom stereocenters. The van der Waals surface area contributed by atoms with Gasteiger partial charge in [-0.05, 0) is 42.0 Å². The summed E-state index contributed by atoms with van der Waals surface area (Å²) >= 11 is 6.06. The van der Waals surface area contributed by atoms with Crippen molar-refractivity contribution in [3.63, 3.8) is 0 Å². The van der Waals surface area contributed by atoms with Gasteiger partial charge in [0.05, 0.1) is 17.8 Å². The first-order chi connectivity index (χ1) is 17.0.